The van der Waals surface area contributed by atoms with Gasteiger partial charge in [-0.25, -0.2) is 0 Å². The topological polar surface area (TPSA) is 38.3 Å². The van der Waals surface area contributed by atoms with Crippen LogP contribution in [0.5, 0.6) is 5.75 Å². The number of carbonyl (C=O) groups is 1. The maximum atomic E-state index is 11.5. The molecule has 0 aliphatic carbocycles. The lowest BCUT2D eigenvalue weighted by molar-refractivity contribution is -0.123. The Labute approximate surface area is 103 Å². The SMILES string of the molecule is CCCCNC(=O)COc1cc(C)ccc1C. The summed E-state index contributed by atoms with van der Waals surface area (Å²) in [4.78, 5) is 11.5. The van der Waals surface area contributed by atoms with Crippen LogP contribution in [0.3, 0.4) is 0 Å². The van der Waals surface area contributed by atoms with Crippen LogP contribution in [-0.4, -0.2) is 19.1 Å². The van der Waals surface area contributed by atoms with Crippen molar-refractivity contribution in [2.24, 2.45) is 0 Å². The quantitative estimate of drug-likeness (QED) is 0.770. The Morgan fingerprint density at radius 3 is 2.82 bits per heavy atom. The third-order valence-electron chi connectivity index (χ3n) is 2.55. The van der Waals surface area contributed by atoms with Gasteiger partial charge in [-0.3, -0.25) is 4.79 Å². The first-order chi connectivity index (χ1) is 8.13. The summed E-state index contributed by atoms with van der Waals surface area (Å²) in [5.74, 6) is 0.731. The average Bonchev–Trinajstić information content (AvgIpc) is 2.31. The predicted molar refractivity (Wildman–Crippen MR) is 69.3 cm³/mol. The largest absolute Gasteiger partial charge is 0.483 e. The van der Waals surface area contributed by atoms with Crippen molar-refractivity contribution in [1.29, 1.82) is 0 Å². The zero-order valence-electron chi connectivity index (χ0n) is 10.9. The first-order valence-corrected chi connectivity index (χ1v) is 6.10. The molecule has 3 heteroatoms. The number of aryl methyl sites for hydroxylation is 2. The molecule has 1 aromatic rings. The second-order valence-electron chi connectivity index (χ2n) is 4.26. The number of carbonyl (C=O) groups excluding carboxylic acids is 1. The molecule has 0 bridgehead atoms. The Morgan fingerprint density at radius 2 is 2.12 bits per heavy atom. The smallest absolute Gasteiger partial charge is 0.257 e. The van der Waals surface area contributed by atoms with Crippen molar-refractivity contribution in [3.8, 4) is 5.75 Å². The monoisotopic (exact) mass is 235 g/mol. The highest BCUT2D eigenvalue weighted by Crippen LogP contribution is 2.18. The molecule has 0 saturated heterocycles. The van der Waals surface area contributed by atoms with E-state index in [4.69, 9.17) is 4.74 Å². The van der Waals surface area contributed by atoms with Crippen LogP contribution >= 0.6 is 0 Å². The number of amides is 1. The van der Waals surface area contributed by atoms with Crippen LogP contribution < -0.4 is 10.1 Å². The lowest BCUT2D eigenvalue weighted by Gasteiger charge is -2.10. The molecule has 94 valence electrons. The number of ether oxygens (including phenoxy) is 1. The van der Waals surface area contributed by atoms with Crippen LogP contribution in [0.4, 0.5) is 0 Å². The minimum atomic E-state index is -0.0562. The number of hydrogen-bond donors (Lipinski definition) is 1. The number of nitrogens with one attached hydrogen (secondary N) is 1. The van der Waals surface area contributed by atoms with Crippen molar-refractivity contribution < 1.29 is 9.53 Å². The van der Waals surface area contributed by atoms with Crippen molar-refractivity contribution in [3.63, 3.8) is 0 Å². The fourth-order valence-corrected chi connectivity index (χ4v) is 1.46. The summed E-state index contributed by atoms with van der Waals surface area (Å²) in [6, 6.07) is 5.98. The molecule has 0 saturated carbocycles. The van der Waals surface area contributed by atoms with Gasteiger partial charge >= 0.3 is 0 Å². The molecule has 1 N–H and O–H groups in total. The van der Waals surface area contributed by atoms with Gasteiger partial charge in [0.2, 0.25) is 0 Å². The molecule has 1 aromatic carbocycles. The van der Waals surface area contributed by atoms with Gasteiger partial charge < -0.3 is 10.1 Å². The van der Waals surface area contributed by atoms with E-state index in [0.29, 0.717) is 0 Å². The van der Waals surface area contributed by atoms with Crippen molar-refractivity contribution in [3.05, 3.63) is 29.3 Å². The van der Waals surface area contributed by atoms with Gasteiger partial charge in [0.1, 0.15) is 5.75 Å². The van der Waals surface area contributed by atoms with Crippen LogP contribution in [-0.2, 0) is 4.79 Å². The Morgan fingerprint density at radius 1 is 1.35 bits per heavy atom. The fraction of sp³-hybridized carbons (Fsp3) is 0.500. The molecule has 3 nitrogen and oxygen atoms in total. The van der Waals surface area contributed by atoms with Crippen LogP contribution in [0.2, 0.25) is 0 Å². The summed E-state index contributed by atoms with van der Waals surface area (Å²) in [6.45, 7) is 6.90. The Hall–Kier alpha value is -1.51. The highest BCUT2D eigenvalue weighted by Gasteiger charge is 2.04. The molecular formula is C14H21NO2. The van der Waals surface area contributed by atoms with E-state index in [1.165, 1.54) is 0 Å². The van der Waals surface area contributed by atoms with Crippen LogP contribution in [0.15, 0.2) is 18.2 Å². The van der Waals surface area contributed by atoms with Gasteiger partial charge in [-0.1, -0.05) is 25.5 Å². The van der Waals surface area contributed by atoms with E-state index in [1.807, 2.05) is 32.0 Å². The van der Waals surface area contributed by atoms with Crippen molar-refractivity contribution in [2.75, 3.05) is 13.2 Å². The second kappa shape index (κ2) is 6.94. The normalized spacial score (nSPS) is 10.1. The van der Waals surface area contributed by atoms with Gasteiger partial charge in [-0.2, -0.15) is 0 Å². The van der Waals surface area contributed by atoms with Gasteiger partial charge in [0.05, 0.1) is 0 Å². The van der Waals surface area contributed by atoms with E-state index >= 15 is 0 Å². The molecule has 0 aliphatic heterocycles. The van der Waals surface area contributed by atoms with Crippen molar-refractivity contribution in [1.82, 2.24) is 5.32 Å². The first kappa shape index (κ1) is 13.6. The van der Waals surface area contributed by atoms with Gasteiger partial charge in [0.15, 0.2) is 6.61 Å². The molecule has 0 atom stereocenters. The van der Waals surface area contributed by atoms with Crippen LogP contribution in [0.1, 0.15) is 30.9 Å². The summed E-state index contributed by atoms with van der Waals surface area (Å²) in [6.07, 6.45) is 2.09. The minimum Gasteiger partial charge on any atom is -0.483 e. The molecule has 0 unspecified atom stereocenters. The molecule has 0 aromatic heterocycles. The predicted octanol–water partition coefficient (Wildman–Crippen LogP) is 2.60. The molecule has 0 aliphatic rings. The van der Waals surface area contributed by atoms with Gasteiger partial charge in [-0.05, 0) is 37.5 Å². The summed E-state index contributed by atoms with van der Waals surface area (Å²) in [7, 11) is 0. The maximum Gasteiger partial charge on any atom is 0.257 e. The molecule has 1 amide bonds. The number of hydrogen-bond acceptors (Lipinski definition) is 2. The van der Waals surface area contributed by atoms with Crippen molar-refractivity contribution in [2.45, 2.75) is 33.6 Å². The Balaban J connectivity index is 2.39. The lowest BCUT2D eigenvalue weighted by atomic mass is 10.1. The summed E-state index contributed by atoms with van der Waals surface area (Å²) in [5.41, 5.74) is 2.19. The molecule has 0 fully saturated rings. The molecule has 0 radical (unpaired) electrons. The number of rotatable bonds is 6. The van der Waals surface area contributed by atoms with E-state index in [-0.39, 0.29) is 12.5 Å². The maximum absolute atomic E-state index is 11.5. The van der Waals surface area contributed by atoms with Gasteiger partial charge in [0.25, 0.3) is 5.91 Å². The molecule has 0 spiro atoms. The van der Waals surface area contributed by atoms with Gasteiger partial charge in [-0.15, -0.1) is 0 Å². The number of benzene rings is 1. The zero-order valence-corrected chi connectivity index (χ0v) is 10.9. The minimum absolute atomic E-state index is 0.0562. The first-order valence-electron chi connectivity index (χ1n) is 6.10. The average molecular weight is 235 g/mol. The van der Waals surface area contributed by atoms with Crippen molar-refractivity contribution >= 4 is 5.91 Å². The zero-order chi connectivity index (χ0) is 12.7. The summed E-state index contributed by atoms with van der Waals surface area (Å²) >= 11 is 0. The molecule has 17 heavy (non-hydrogen) atoms. The van der Waals surface area contributed by atoms with Crippen LogP contribution in [0, 0.1) is 13.8 Å². The van der Waals surface area contributed by atoms with E-state index in [9.17, 15) is 4.79 Å². The van der Waals surface area contributed by atoms with E-state index < -0.39 is 0 Å². The van der Waals surface area contributed by atoms with E-state index in [2.05, 4.69) is 12.2 Å². The Kier molecular flexibility index (Phi) is 5.53. The summed E-state index contributed by atoms with van der Waals surface area (Å²) < 4.78 is 5.50. The number of unbranched alkanes of at least 4 members (excludes halogenated alkanes) is 1. The van der Waals surface area contributed by atoms with E-state index in [1.54, 1.807) is 0 Å². The van der Waals surface area contributed by atoms with Crippen LogP contribution in [0.25, 0.3) is 0 Å². The second-order valence-corrected chi connectivity index (χ2v) is 4.26. The Bertz CT molecular complexity index is 374. The third kappa shape index (κ3) is 4.89. The molecule has 1 rings (SSSR count). The molecule has 0 heterocycles. The third-order valence-corrected chi connectivity index (χ3v) is 2.55. The molecular weight excluding hydrogens is 214 g/mol. The highest BCUT2D eigenvalue weighted by atomic mass is 16.5. The standard InChI is InChI=1S/C14H21NO2/c1-4-5-8-15-14(16)10-17-13-9-11(2)6-7-12(13)3/h6-7,9H,4-5,8,10H2,1-3H3,(H,15,16). The lowest BCUT2D eigenvalue weighted by Crippen LogP contribution is -2.29. The fourth-order valence-electron chi connectivity index (χ4n) is 1.46. The summed E-state index contributed by atoms with van der Waals surface area (Å²) in [5, 5.41) is 2.82. The highest BCUT2D eigenvalue weighted by molar-refractivity contribution is 5.77. The van der Waals surface area contributed by atoms with Gasteiger partial charge in [0, 0.05) is 6.54 Å². The van der Waals surface area contributed by atoms with E-state index in [0.717, 1.165) is 36.3 Å².